The van der Waals surface area contributed by atoms with Crippen LogP contribution in [0.2, 0.25) is 0 Å². The maximum absolute atomic E-state index is 14.8. The van der Waals surface area contributed by atoms with Crippen LogP contribution < -0.4 is 10.1 Å². The van der Waals surface area contributed by atoms with Crippen LogP contribution in [-0.2, 0) is 7.05 Å². The van der Waals surface area contributed by atoms with E-state index in [2.05, 4.69) is 60.7 Å². The van der Waals surface area contributed by atoms with Gasteiger partial charge in [-0.3, -0.25) is 4.68 Å². The standard InChI is InChI=1S/C31H30FN3O/c1-20(22-9-7-10-29(16-22)36-4)34-21(2)24-12-23-8-5-6-11-30(23)31(17-24)26-13-25(14-28(32)15-26)27-18-33-35(3)19-27/h5-21,34H,1-4H3/t20-,21?/m1/s1. The molecule has 0 radical (unpaired) electrons. The van der Waals surface area contributed by atoms with Crippen molar-refractivity contribution in [1.82, 2.24) is 15.1 Å². The first-order valence-corrected chi connectivity index (χ1v) is 12.1. The van der Waals surface area contributed by atoms with Crippen LogP contribution >= 0.6 is 0 Å². The molecule has 1 aromatic heterocycles. The molecule has 2 atom stereocenters. The summed E-state index contributed by atoms with van der Waals surface area (Å²) in [4.78, 5) is 0. The summed E-state index contributed by atoms with van der Waals surface area (Å²) >= 11 is 0. The van der Waals surface area contributed by atoms with Gasteiger partial charge in [0.1, 0.15) is 11.6 Å². The van der Waals surface area contributed by atoms with E-state index >= 15 is 0 Å². The summed E-state index contributed by atoms with van der Waals surface area (Å²) in [7, 11) is 3.55. The summed E-state index contributed by atoms with van der Waals surface area (Å²) in [6, 6.07) is 26.2. The molecule has 0 saturated heterocycles. The molecule has 0 aliphatic heterocycles. The summed E-state index contributed by atoms with van der Waals surface area (Å²) < 4.78 is 22.0. The second-order valence-corrected chi connectivity index (χ2v) is 9.31. The molecule has 5 aromatic rings. The fraction of sp³-hybridized carbons (Fsp3) is 0.194. The van der Waals surface area contributed by atoms with Gasteiger partial charge >= 0.3 is 0 Å². The lowest BCUT2D eigenvalue weighted by Gasteiger charge is -2.22. The third kappa shape index (κ3) is 4.88. The number of nitrogens with zero attached hydrogens (tertiary/aromatic N) is 2. The van der Waals surface area contributed by atoms with Gasteiger partial charge in [0, 0.05) is 30.9 Å². The number of nitrogens with one attached hydrogen (secondary N) is 1. The predicted octanol–water partition coefficient (Wildman–Crippen LogP) is 7.47. The van der Waals surface area contributed by atoms with E-state index in [9.17, 15) is 4.39 Å². The highest BCUT2D eigenvalue weighted by molar-refractivity contribution is 5.98. The Morgan fingerprint density at radius 1 is 0.833 bits per heavy atom. The van der Waals surface area contributed by atoms with Crippen molar-refractivity contribution in [2.75, 3.05) is 7.11 Å². The molecular formula is C31H30FN3O. The van der Waals surface area contributed by atoms with Crippen molar-refractivity contribution < 1.29 is 9.13 Å². The van der Waals surface area contributed by atoms with Gasteiger partial charge in [-0.05, 0) is 94.9 Å². The molecule has 1 unspecified atom stereocenters. The van der Waals surface area contributed by atoms with Crippen LogP contribution in [0.5, 0.6) is 5.75 Å². The SMILES string of the molecule is COc1cccc([C@@H](C)NC(C)c2cc(-c3cc(F)cc(-c4cnn(C)c4)c3)c3ccccc3c2)c1. The third-order valence-corrected chi connectivity index (χ3v) is 6.72. The van der Waals surface area contributed by atoms with Crippen molar-refractivity contribution in [2.24, 2.45) is 7.05 Å². The van der Waals surface area contributed by atoms with Gasteiger partial charge in [0.15, 0.2) is 0 Å². The Morgan fingerprint density at radius 3 is 2.39 bits per heavy atom. The van der Waals surface area contributed by atoms with Gasteiger partial charge in [-0.2, -0.15) is 5.10 Å². The number of methoxy groups -OCH3 is 1. The zero-order valence-electron chi connectivity index (χ0n) is 21.0. The van der Waals surface area contributed by atoms with Gasteiger partial charge in [0.2, 0.25) is 0 Å². The Morgan fingerprint density at radius 2 is 1.61 bits per heavy atom. The van der Waals surface area contributed by atoms with E-state index in [0.29, 0.717) is 0 Å². The normalized spacial score (nSPS) is 13.0. The van der Waals surface area contributed by atoms with E-state index in [-0.39, 0.29) is 17.9 Å². The van der Waals surface area contributed by atoms with Crippen molar-refractivity contribution in [1.29, 1.82) is 0 Å². The fourth-order valence-electron chi connectivity index (χ4n) is 4.78. The molecule has 0 bridgehead atoms. The highest BCUT2D eigenvalue weighted by atomic mass is 19.1. The molecule has 36 heavy (non-hydrogen) atoms. The molecule has 1 heterocycles. The largest absolute Gasteiger partial charge is 0.497 e. The van der Waals surface area contributed by atoms with Crippen LogP contribution in [0.3, 0.4) is 0 Å². The highest BCUT2D eigenvalue weighted by Gasteiger charge is 2.16. The summed E-state index contributed by atoms with van der Waals surface area (Å²) in [6.07, 6.45) is 3.66. The number of rotatable bonds is 7. The fourth-order valence-corrected chi connectivity index (χ4v) is 4.78. The maximum Gasteiger partial charge on any atom is 0.124 e. The summed E-state index contributed by atoms with van der Waals surface area (Å²) in [5, 5.41) is 10.2. The first kappa shape index (κ1) is 23.8. The van der Waals surface area contributed by atoms with Crippen molar-refractivity contribution in [3.05, 3.63) is 108 Å². The van der Waals surface area contributed by atoms with Crippen molar-refractivity contribution >= 4 is 10.8 Å². The molecule has 0 aliphatic carbocycles. The minimum Gasteiger partial charge on any atom is -0.497 e. The van der Waals surface area contributed by atoms with E-state index in [4.69, 9.17) is 4.74 Å². The Kier molecular flexibility index (Phi) is 6.57. The van der Waals surface area contributed by atoms with E-state index in [1.807, 2.05) is 43.6 Å². The number of hydrogen-bond acceptors (Lipinski definition) is 3. The molecule has 0 fully saturated rings. The molecule has 0 amide bonds. The summed E-state index contributed by atoms with van der Waals surface area (Å²) in [6.45, 7) is 4.32. The molecule has 5 rings (SSSR count). The zero-order valence-corrected chi connectivity index (χ0v) is 21.0. The molecule has 0 spiro atoms. The second kappa shape index (κ2) is 9.96. The quantitative estimate of drug-likeness (QED) is 0.263. The second-order valence-electron chi connectivity index (χ2n) is 9.31. The van der Waals surface area contributed by atoms with Crippen LogP contribution in [0.4, 0.5) is 4.39 Å². The number of benzene rings is 4. The lowest BCUT2D eigenvalue weighted by Crippen LogP contribution is -2.22. The monoisotopic (exact) mass is 479 g/mol. The minimum atomic E-state index is -0.265. The van der Waals surface area contributed by atoms with Gasteiger partial charge in [-0.15, -0.1) is 0 Å². The molecule has 4 nitrogen and oxygen atoms in total. The average Bonchev–Trinajstić information content (AvgIpc) is 3.34. The number of hydrogen-bond donors (Lipinski definition) is 1. The van der Waals surface area contributed by atoms with Gasteiger partial charge in [0.25, 0.3) is 0 Å². The maximum atomic E-state index is 14.8. The summed E-state index contributed by atoms with van der Waals surface area (Å²) in [5.41, 5.74) is 5.86. The molecule has 0 aliphatic rings. The van der Waals surface area contributed by atoms with Crippen molar-refractivity contribution in [3.8, 4) is 28.0 Å². The number of ether oxygens (including phenoxy) is 1. The van der Waals surface area contributed by atoms with Crippen LogP contribution in [0.25, 0.3) is 33.0 Å². The molecule has 4 aromatic carbocycles. The third-order valence-electron chi connectivity index (χ3n) is 6.72. The average molecular weight is 480 g/mol. The van der Waals surface area contributed by atoms with E-state index < -0.39 is 0 Å². The number of halogens is 1. The van der Waals surface area contributed by atoms with Crippen LogP contribution in [0.15, 0.2) is 91.3 Å². The van der Waals surface area contributed by atoms with E-state index in [1.165, 1.54) is 0 Å². The number of aryl methyl sites for hydroxylation is 1. The number of aromatic nitrogens is 2. The molecule has 182 valence electrons. The van der Waals surface area contributed by atoms with Crippen LogP contribution in [-0.4, -0.2) is 16.9 Å². The Balaban J connectivity index is 1.54. The van der Waals surface area contributed by atoms with Crippen molar-refractivity contribution in [2.45, 2.75) is 25.9 Å². The van der Waals surface area contributed by atoms with Crippen molar-refractivity contribution in [3.63, 3.8) is 0 Å². The van der Waals surface area contributed by atoms with Crippen LogP contribution in [0, 0.1) is 5.82 Å². The molecule has 0 saturated carbocycles. The lowest BCUT2D eigenvalue weighted by atomic mass is 9.92. The molecule has 1 N–H and O–H groups in total. The predicted molar refractivity (Wildman–Crippen MR) is 145 cm³/mol. The Hall–Kier alpha value is -3.96. The topological polar surface area (TPSA) is 39.1 Å². The van der Waals surface area contributed by atoms with Gasteiger partial charge in [-0.25, -0.2) is 4.39 Å². The molecule has 5 heteroatoms. The minimum absolute atomic E-state index is 0.0703. The highest BCUT2D eigenvalue weighted by Crippen LogP contribution is 2.35. The van der Waals surface area contributed by atoms with Gasteiger partial charge in [0.05, 0.1) is 13.3 Å². The van der Waals surface area contributed by atoms with Crippen LogP contribution in [0.1, 0.15) is 37.1 Å². The van der Waals surface area contributed by atoms with E-state index in [0.717, 1.165) is 49.9 Å². The van der Waals surface area contributed by atoms with Gasteiger partial charge in [-0.1, -0.05) is 36.4 Å². The summed E-state index contributed by atoms with van der Waals surface area (Å²) in [5.74, 6) is 0.580. The van der Waals surface area contributed by atoms with E-state index in [1.54, 1.807) is 30.1 Å². The first-order valence-electron chi connectivity index (χ1n) is 12.1. The van der Waals surface area contributed by atoms with Gasteiger partial charge < -0.3 is 10.1 Å². The first-order chi connectivity index (χ1) is 17.4. The smallest absolute Gasteiger partial charge is 0.124 e. The zero-order chi connectivity index (χ0) is 25.2. The Labute approximate surface area is 211 Å². The molecular weight excluding hydrogens is 449 g/mol. The Bertz CT molecular complexity index is 1520. The lowest BCUT2D eigenvalue weighted by molar-refractivity contribution is 0.412. The number of fused-ring (bicyclic) bond motifs is 1.